The van der Waals surface area contributed by atoms with E-state index in [-0.39, 0.29) is 11.3 Å². The monoisotopic (exact) mass is 341 g/mol. The van der Waals surface area contributed by atoms with E-state index in [1.165, 1.54) is 11.3 Å². The highest BCUT2D eigenvalue weighted by Crippen LogP contribution is 2.23. The summed E-state index contributed by atoms with van der Waals surface area (Å²) >= 11 is 1.38. The maximum atomic E-state index is 12.3. The number of benzene rings is 1. The molecule has 0 aliphatic heterocycles. The van der Waals surface area contributed by atoms with Crippen LogP contribution >= 0.6 is 11.3 Å². The zero-order chi connectivity index (χ0) is 17.2. The zero-order valence-corrected chi connectivity index (χ0v) is 14.6. The Hall–Kier alpha value is -2.67. The first-order chi connectivity index (χ1) is 11.4. The van der Waals surface area contributed by atoms with E-state index in [4.69, 9.17) is 0 Å². The van der Waals surface area contributed by atoms with Gasteiger partial charge in [-0.25, -0.2) is 4.98 Å². The van der Waals surface area contributed by atoms with Gasteiger partial charge in [0.2, 0.25) is 0 Å². The third kappa shape index (κ3) is 3.80. The molecule has 3 rings (SSSR count). The van der Waals surface area contributed by atoms with Crippen molar-refractivity contribution >= 4 is 33.9 Å². The van der Waals surface area contributed by atoms with Gasteiger partial charge in [-0.1, -0.05) is 39.0 Å². The van der Waals surface area contributed by atoms with Crippen molar-refractivity contribution in [2.45, 2.75) is 26.2 Å². The molecule has 0 spiro atoms. The highest BCUT2D eigenvalue weighted by atomic mass is 32.1. The second-order valence-electron chi connectivity index (χ2n) is 6.40. The predicted octanol–water partition coefficient (Wildman–Crippen LogP) is 4.16. The van der Waals surface area contributed by atoms with Gasteiger partial charge in [-0.15, -0.1) is 11.3 Å². The van der Waals surface area contributed by atoms with Gasteiger partial charge in [0.25, 0.3) is 5.91 Å². The van der Waals surface area contributed by atoms with E-state index >= 15 is 0 Å². The number of nitrogens with one attached hydrogen (secondary N) is 3. The molecule has 0 fully saturated rings. The zero-order valence-electron chi connectivity index (χ0n) is 13.8. The summed E-state index contributed by atoms with van der Waals surface area (Å²) in [5.41, 5.74) is 2.20. The molecular formula is C17H19N5OS. The number of aromatic nitrogens is 3. The van der Waals surface area contributed by atoms with Crippen molar-refractivity contribution in [3.05, 3.63) is 53.2 Å². The van der Waals surface area contributed by atoms with E-state index in [0.717, 1.165) is 11.4 Å². The molecule has 1 aromatic carbocycles. The van der Waals surface area contributed by atoms with Crippen LogP contribution in [-0.2, 0) is 5.41 Å². The summed E-state index contributed by atoms with van der Waals surface area (Å²) in [6, 6.07) is 11.6. The average molecular weight is 341 g/mol. The van der Waals surface area contributed by atoms with Crippen molar-refractivity contribution in [1.29, 1.82) is 0 Å². The fraction of sp³-hybridized carbons (Fsp3) is 0.235. The summed E-state index contributed by atoms with van der Waals surface area (Å²) in [7, 11) is 0. The summed E-state index contributed by atoms with van der Waals surface area (Å²) in [5, 5.41) is 15.4. The Morgan fingerprint density at radius 2 is 1.96 bits per heavy atom. The standard InChI is InChI=1S/C17H19N5OS/c1-17(2,3)13-9-14(22-21-13)20-15(23)12-10-24-16(19-12)18-11-7-5-4-6-8-11/h4-10H,1-3H3,(H,18,19)(H2,20,21,22,23). The minimum absolute atomic E-state index is 0.0522. The Morgan fingerprint density at radius 1 is 1.21 bits per heavy atom. The van der Waals surface area contributed by atoms with Crippen LogP contribution in [0.2, 0.25) is 0 Å². The number of nitrogens with zero attached hydrogens (tertiary/aromatic N) is 2. The first-order valence-electron chi connectivity index (χ1n) is 7.57. The lowest BCUT2D eigenvalue weighted by atomic mass is 9.92. The van der Waals surface area contributed by atoms with Crippen LogP contribution in [0.25, 0.3) is 0 Å². The molecule has 2 heterocycles. The number of para-hydroxylation sites is 1. The molecule has 6 nitrogen and oxygen atoms in total. The van der Waals surface area contributed by atoms with E-state index in [2.05, 4.69) is 46.6 Å². The quantitative estimate of drug-likeness (QED) is 0.665. The van der Waals surface area contributed by atoms with Gasteiger partial charge >= 0.3 is 0 Å². The van der Waals surface area contributed by atoms with Crippen LogP contribution in [-0.4, -0.2) is 21.1 Å². The van der Waals surface area contributed by atoms with Crippen molar-refractivity contribution in [1.82, 2.24) is 15.2 Å². The molecule has 124 valence electrons. The summed E-state index contributed by atoms with van der Waals surface area (Å²) < 4.78 is 0. The number of H-pyrrole nitrogens is 1. The van der Waals surface area contributed by atoms with Gasteiger partial charge < -0.3 is 10.6 Å². The van der Waals surface area contributed by atoms with Gasteiger partial charge in [0.1, 0.15) is 5.69 Å². The molecule has 0 atom stereocenters. The fourth-order valence-corrected chi connectivity index (χ4v) is 2.74. The molecule has 0 radical (unpaired) electrons. The van der Waals surface area contributed by atoms with Crippen LogP contribution in [0.15, 0.2) is 41.8 Å². The third-order valence-corrected chi connectivity index (χ3v) is 4.15. The fourth-order valence-electron chi connectivity index (χ4n) is 2.03. The second kappa shape index (κ2) is 6.45. The lowest BCUT2D eigenvalue weighted by Gasteiger charge is -2.14. The number of rotatable bonds is 4. The third-order valence-electron chi connectivity index (χ3n) is 3.39. The van der Waals surface area contributed by atoms with Crippen LogP contribution in [0.3, 0.4) is 0 Å². The Bertz CT molecular complexity index is 832. The van der Waals surface area contributed by atoms with Gasteiger partial charge in [0, 0.05) is 28.2 Å². The maximum absolute atomic E-state index is 12.3. The molecular weight excluding hydrogens is 322 g/mol. The lowest BCUT2D eigenvalue weighted by molar-refractivity contribution is 0.102. The molecule has 0 saturated carbocycles. The molecule has 3 N–H and O–H groups in total. The van der Waals surface area contributed by atoms with Crippen molar-refractivity contribution in [3.63, 3.8) is 0 Å². The summed E-state index contributed by atoms with van der Waals surface area (Å²) in [6.07, 6.45) is 0. The van der Waals surface area contributed by atoms with Gasteiger partial charge in [-0.3, -0.25) is 9.89 Å². The summed E-state index contributed by atoms with van der Waals surface area (Å²) in [6.45, 7) is 6.23. The van der Waals surface area contributed by atoms with Crippen LogP contribution in [0.1, 0.15) is 37.0 Å². The molecule has 0 unspecified atom stereocenters. The van der Waals surface area contributed by atoms with E-state index in [0.29, 0.717) is 16.6 Å². The number of thiazole rings is 1. The van der Waals surface area contributed by atoms with E-state index in [1.807, 2.05) is 36.4 Å². The van der Waals surface area contributed by atoms with E-state index in [1.54, 1.807) is 5.38 Å². The maximum Gasteiger partial charge on any atom is 0.276 e. The van der Waals surface area contributed by atoms with Gasteiger partial charge in [-0.05, 0) is 12.1 Å². The first-order valence-corrected chi connectivity index (χ1v) is 8.44. The smallest absolute Gasteiger partial charge is 0.276 e. The molecule has 0 aliphatic rings. The van der Waals surface area contributed by atoms with Crippen molar-refractivity contribution < 1.29 is 4.79 Å². The molecule has 0 bridgehead atoms. The number of hydrogen-bond acceptors (Lipinski definition) is 5. The number of aromatic amines is 1. The summed E-state index contributed by atoms with van der Waals surface area (Å²) in [4.78, 5) is 16.6. The largest absolute Gasteiger partial charge is 0.332 e. The van der Waals surface area contributed by atoms with Crippen molar-refractivity contribution in [2.75, 3.05) is 10.6 Å². The van der Waals surface area contributed by atoms with Crippen LogP contribution in [0.5, 0.6) is 0 Å². The number of carbonyl (C=O) groups excluding carboxylic acids is 1. The average Bonchev–Trinajstić information content (AvgIpc) is 3.17. The molecule has 0 saturated heterocycles. The molecule has 1 amide bonds. The SMILES string of the molecule is CC(C)(C)c1cc(NC(=O)c2csc(Nc3ccccc3)n2)n[nH]1. The topological polar surface area (TPSA) is 82.7 Å². The highest BCUT2D eigenvalue weighted by molar-refractivity contribution is 7.14. The van der Waals surface area contributed by atoms with Crippen molar-refractivity contribution in [3.8, 4) is 0 Å². The highest BCUT2D eigenvalue weighted by Gasteiger charge is 2.18. The van der Waals surface area contributed by atoms with Crippen LogP contribution in [0, 0.1) is 0 Å². The van der Waals surface area contributed by atoms with Gasteiger partial charge in [-0.2, -0.15) is 5.10 Å². The van der Waals surface area contributed by atoms with Crippen LogP contribution in [0.4, 0.5) is 16.6 Å². The van der Waals surface area contributed by atoms with E-state index in [9.17, 15) is 4.79 Å². The minimum atomic E-state index is -0.278. The van der Waals surface area contributed by atoms with Gasteiger partial charge in [0.15, 0.2) is 10.9 Å². The Morgan fingerprint density at radius 3 is 2.62 bits per heavy atom. The summed E-state index contributed by atoms with van der Waals surface area (Å²) in [5.74, 6) is 0.217. The first kappa shape index (κ1) is 16.2. The van der Waals surface area contributed by atoms with Gasteiger partial charge in [0.05, 0.1) is 0 Å². The molecule has 24 heavy (non-hydrogen) atoms. The van der Waals surface area contributed by atoms with Crippen LogP contribution < -0.4 is 10.6 Å². The number of carbonyl (C=O) groups is 1. The molecule has 2 aromatic heterocycles. The molecule has 3 aromatic rings. The second-order valence-corrected chi connectivity index (χ2v) is 7.26. The Kier molecular flexibility index (Phi) is 4.35. The minimum Gasteiger partial charge on any atom is -0.332 e. The van der Waals surface area contributed by atoms with Crippen molar-refractivity contribution in [2.24, 2.45) is 0 Å². The lowest BCUT2D eigenvalue weighted by Crippen LogP contribution is -2.13. The van der Waals surface area contributed by atoms with E-state index < -0.39 is 0 Å². The number of anilines is 3. The Balaban J connectivity index is 1.67. The molecule has 7 heteroatoms. The number of amides is 1. The normalized spacial score (nSPS) is 11.3. The number of hydrogen-bond donors (Lipinski definition) is 3. The Labute approximate surface area is 144 Å². The predicted molar refractivity (Wildman–Crippen MR) is 97.1 cm³/mol. The molecule has 0 aliphatic carbocycles.